The van der Waals surface area contributed by atoms with E-state index >= 15 is 0 Å². The fraction of sp³-hybridized carbons (Fsp3) is 0.526. The lowest BCUT2D eigenvalue weighted by molar-refractivity contribution is -0.141. The molecule has 0 N–H and O–H groups in total. The number of aryl methyl sites for hydroxylation is 1. The summed E-state index contributed by atoms with van der Waals surface area (Å²) in [4.78, 5) is 13.3. The minimum absolute atomic E-state index is 0.0118. The lowest BCUT2D eigenvalue weighted by atomic mass is 9.73. The molecule has 1 aliphatic heterocycles. The van der Waals surface area contributed by atoms with Crippen LogP contribution in [0, 0.1) is 12.8 Å². The molecule has 0 bridgehead atoms. The second-order valence-corrected chi connectivity index (χ2v) is 16.3. The molecule has 1 fully saturated rings. The van der Waals surface area contributed by atoms with Crippen molar-refractivity contribution in [1.29, 1.82) is 0 Å². The van der Waals surface area contributed by atoms with Crippen LogP contribution < -0.4 is 0 Å². The minimum atomic E-state index is -4.66. The summed E-state index contributed by atoms with van der Waals surface area (Å²) in [5, 5.41) is 3.85. The molecule has 2 heterocycles. The second kappa shape index (κ2) is 16.6. The largest absolute Gasteiger partial charge is 0.458 e. The molecule has 0 amide bonds. The Balaban J connectivity index is 1.55. The third kappa shape index (κ3) is 10.00. The van der Waals surface area contributed by atoms with Crippen LogP contribution in [0.1, 0.15) is 90.8 Å². The number of aromatic nitrogens is 2. The summed E-state index contributed by atoms with van der Waals surface area (Å²) >= 11 is 0. The number of unbranched alkanes of at least 4 members (excludes halogenated alkanes) is 2. The maximum absolute atomic E-state index is 14.0. The molecular formula is C38H51BF3N3O5S. The molecule has 0 aliphatic carbocycles. The first-order valence-corrected chi connectivity index (χ1v) is 19.2. The fourth-order valence-corrected chi connectivity index (χ4v) is 7.61. The number of hydrogen-bond acceptors (Lipinski definition) is 6. The van der Waals surface area contributed by atoms with Crippen LogP contribution in [0.5, 0.6) is 0 Å². The van der Waals surface area contributed by atoms with Gasteiger partial charge in [0.15, 0.2) is 5.69 Å². The van der Waals surface area contributed by atoms with Gasteiger partial charge in [-0.2, -0.15) is 22.6 Å². The lowest BCUT2D eigenvalue weighted by Crippen LogP contribution is -2.41. The summed E-state index contributed by atoms with van der Waals surface area (Å²) in [6.45, 7) is 16.0. The first-order valence-electron chi connectivity index (χ1n) is 17.7. The summed E-state index contributed by atoms with van der Waals surface area (Å²) in [6.07, 6.45) is 1.67. The number of carbonyl (C=O) groups is 1. The molecule has 1 atom stereocenters. The van der Waals surface area contributed by atoms with Crippen LogP contribution in [-0.2, 0) is 30.3 Å². The van der Waals surface area contributed by atoms with E-state index in [2.05, 4.69) is 11.7 Å². The van der Waals surface area contributed by atoms with Crippen LogP contribution >= 0.6 is 0 Å². The highest BCUT2D eigenvalue weighted by atomic mass is 32.2. The van der Waals surface area contributed by atoms with Gasteiger partial charge in [-0.05, 0) is 103 Å². The number of Topliss-reactive ketones (excluding diaryl/α,β-unsaturated/α-hetero) is 1. The lowest BCUT2D eigenvalue weighted by Gasteiger charge is -2.32. The van der Waals surface area contributed by atoms with Crippen molar-refractivity contribution in [1.82, 2.24) is 14.1 Å². The van der Waals surface area contributed by atoms with Crippen LogP contribution in [0.2, 0.25) is 6.32 Å². The number of halogens is 3. The Kier molecular flexibility index (Phi) is 13.2. The van der Waals surface area contributed by atoms with Crippen molar-refractivity contribution in [2.75, 3.05) is 13.1 Å². The van der Waals surface area contributed by atoms with Gasteiger partial charge in [-0.3, -0.25) is 4.79 Å². The van der Waals surface area contributed by atoms with Crippen LogP contribution in [0.3, 0.4) is 0 Å². The first kappa shape index (κ1) is 40.5. The minimum Gasteiger partial charge on any atom is -0.403 e. The summed E-state index contributed by atoms with van der Waals surface area (Å²) in [5.41, 5.74) is -0.0912. The molecule has 8 nitrogen and oxygen atoms in total. The monoisotopic (exact) mass is 729 g/mol. The number of carbonyl (C=O) groups excluding carboxylic acids is 1. The van der Waals surface area contributed by atoms with Crippen molar-refractivity contribution in [2.45, 2.75) is 115 Å². The summed E-state index contributed by atoms with van der Waals surface area (Å²) in [7, 11) is -4.53. The van der Waals surface area contributed by atoms with E-state index in [1.165, 1.54) is 33.3 Å². The highest BCUT2D eigenvalue weighted by Gasteiger charge is 2.51. The molecule has 0 radical (unpaired) electrons. The first-order chi connectivity index (χ1) is 23.9. The van der Waals surface area contributed by atoms with Gasteiger partial charge in [0.05, 0.1) is 27.5 Å². The molecule has 278 valence electrons. The number of sulfonamides is 1. The van der Waals surface area contributed by atoms with Crippen molar-refractivity contribution >= 4 is 22.9 Å². The van der Waals surface area contributed by atoms with E-state index in [4.69, 9.17) is 9.31 Å². The second-order valence-electron chi connectivity index (χ2n) is 14.3. The highest BCUT2D eigenvalue weighted by Crippen LogP contribution is 2.39. The van der Waals surface area contributed by atoms with Crippen molar-refractivity contribution in [2.24, 2.45) is 5.92 Å². The SMILES string of the molecule is C=CCCCN(CCCC(CB1OC(C)(C)C(C)(C)O1)C(=O)CCCC)S(=O)(=O)c1ccc(-n2nc(C(F)(F)F)cc2-c2ccc(C)cc2)cc1. The van der Waals surface area contributed by atoms with Gasteiger partial charge in [-0.25, -0.2) is 13.1 Å². The molecule has 0 spiro atoms. The Labute approximate surface area is 301 Å². The van der Waals surface area contributed by atoms with Crippen molar-refractivity contribution in [3.63, 3.8) is 0 Å². The summed E-state index contributed by atoms with van der Waals surface area (Å²) < 4.78 is 84.2. The molecule has 51 heavy (non-hydrogen) atoms. The predicted molar refractivity (Wildman–Crippen MR) is 195 cm³/mol. The Morgan fingerprint density at radius 2 is 1.61 bits per heavy atom. The molecule has 1 aromatic heterocycles. The van der Waals surface area contributed by atoms with Crippen LogP contribution in [0.25, 0.3) is 16.9 Å². The number of benzene rings is 2. The van der Waals surface area contributed by atoms with Gasteiger partial charge in [-0.15, -0.1) is 6.58 Å². The zero-order valence-electron chi connectivity index (χ0n) is 30.6. The van der Waals surface area contributed by atoms with Crippen LogP contribution in [0.4, 0.5) is 13.2 Å². The van der Waals surface area contributed by atoms with E-state index in [1.54, 1.807) is 30.3 Å². The third-order valence-corrected chi connectivity index (χ3v) is 11.8. The van der Waals surface area contributed by atoms with Gasteiger partial charge in [0.1, 0.15) is 5.78 Å². The van der Waals surface area contributed by atoms with Crippen molar-refractivity contribution in [3.8, 4) is 16.9 Å². The zero-order chi connectivity index (χ0) is 37.6. The van der Waals surface area contributed by atoms with Gasteiger partial charge in [0.25, 0.3) is 0 Å². The molecule has 3 aromatic rings. The Bertz CT molecular complexity index is 1720. The zero-order valence-corrected chi connectivity index (χ0v) is 31.4. The maximum atomic E-state index is 14.0. The summed E-state index contributed by atoms with van der Waals surface area (Å²) in [5.74, 6) is -0.220. The quantitative estimate of drug-likeness (QED) is 0.0738. The fourth-order valence-electron chi connectivity index (χ4n) is 6.09. The van der Waals surface area contributed by atoms with E-state index in [1.807, 2.05) is 41.5 Å². The Morgan fingerprint density at radius 3 is 2.18 bits per heavy atom. The standard InChI is InChI=1S/C38H51BF3N3O5S/c1-8-10-12-24-44(25-13-14-30(34(46)15-11-9-2)27-39-49-36(4,5)37(6,7)50-39)51(47,48)32-22-20-31(21-23-32)45-33(26-35(43-45)38(40,41)42)29-18-16-28(3)17-19-29/h8,16-23,26,30H,1,9-15,24-25,27H2,2-7H3. The van der Waals surface area contributed by atoms with Crippen LogP contribution in [-0.4, -0.2) is 59.7 Å². The molecule has 0 saturated carbocycles. The average Bonchev–Trinajstić information content (AvgIpc) is 3.60. The number of allylic oxidation sites excluding steroid dienone is 1. The Morgan fingerprint density at radius 1 is 1.00 bits per heavy atom. The average molecular weight is 730 g/mol. The smallest absolute Gasteiger partial charge is 0.403 e. The van der Waals surface area contributed by atoms with E-state index in [0.717, 1.165) is 24.5 Å². The highest BCUT2D eigenvalue weighted by molar-refractivity contribution is 7.89. The molecule has 1 saturated heterocycles. The predicted octanol–water partition coefficient (Wildman–Crippen LogP) is 9.07. The number of hydrogen-bond donors (Lipinski definition) is 0. The molecule has 1 unspecified atom stereocenters. The third-order valence-electron chi connectivity index (χ3n) is 9.85. The summed E-state index contributed by atoms with van der Waals surface area (Å²) in [6, 6.07) is 13.8. The molecule has 1 aliphatic rings. The number of rotatable bonds is 18. The van der Waals surface area contributed by atoms with Gasteiger partial charge in [-0.1, -0.05) is 49.2 Å². The van der Waals surface area contributed by atoms with Gasteiger partial charge in [0.2, 0.25) is 10.0 Å². The molecule has 4 rings (SSSR count). The van der Waals surface area contributed by atoms with Gasteiger partial charge in [0, 0.05) is 31.0 Å². The number of nitrogens with zero attached hydrogens (tertiary/aromatic N) is 3. The Hall–Kier alpha value is -3.26. The van der Waals surface area contributed by atoms with Gasteiger partial charge < -0.3 is 9.31 Å². The molecule has 13 heteroatoms. The topological polar surface area (TPSA) is 90.7 Å². The molecule has 2 aromatic carbocycles. The van der Waals surface area contributed by atoms with E-state index < -0.39 is 40.2 Å². The van der Waals surface area contributed by atoms with Crippen molar-refractivity contribution < 1.29 is 35.7 Å². The van der Waals surface area contributed by atoms with E-state index in [9.17, 15) is 26.4 Å². The van der Waals surface area contributed by atoms with Crippen molar-refractivity contribution in [3.05, 3.63) is 78.5 Å². The number of ketones is 1. The van der Waals surface area contributed by atoms with Crippen LogP contribution in [0.15, 0.2) is 72.1 Å². The maximum Gasteiger partial charge on any atom is 0.458 e. The number of alkyl halides is 3. The van der Waals surface area contributed by atoms with Gasteiger partial charge >= 0.3 is 13.3 Å². The molecular weight excluding hydrogens is 678 g/mol. The van der Waals surface area contributed by atoms with E-state index in [-0.39, 0.29) is 41.1 Å². The van der Waals surface area contributed by atoms with E-state index in [0.29, 0.717) is 44.0 Å². The normalized spacial score (nSPS) is 16.5.